The van der Waals surface area contributed by atoms with Gasteiger partial charge in [-0.15, -0.1) is 0 Å². The molecule has 0 saturated carbocycles. The van der Waals surface area contributed by atoms with Crippen LogP contribution in [-0.4, -0.2) is 6.10 Å². The first-order valence-corrected chi connectivity index (χ1v) is 5.26. The topological polar surface area (TPSA) is 9.23 Å². The number of ether oxygens (including phenoxy) is 1. The molecular formula is C14H16O. The fourth-order valence-corrected chi connectivity index (χ4v) is 1.65. The summed E-state index contributed by atoms with van der Waals surface area (Å²) in [6, 6.07) is 9.95. The fourth-order valence-electron chi connectivity index (χ4n) is 1.65. The summed E-state index contributed by atoms with van der Waals surface area (Å²) in [5, 5.41) is 0. The Labute approximate surface area is 91.1 Å². The monoisotopic (exact) mass is 200 g/mol. The summed E-state index contributed by atoms with van der Waals surface area (Å²) in [5.74, 6) is 0.926. The van der Waals surface area contributed by atoms with E-state index in [0.717, 1.165) is 5.75 Å². The van der Waals surface area contributed by atoms with Crippen molar-refractivity contribution in [2.75, 3.05) is 0 Å². The van der Waals surface area contributed by atoms with Gasteiger partial charge in [0.05, 0.1) is 0 Å². The van der Waals surface area contributed by atoms with Crippen molar-refractivity contribution in [2.45, 2.75) is 20.0 Å². The number of allylic oxidation sites excluding steroid dienone is 2. The molecular weight excluding hydrogens is 184 g/mol. The molecule has 78 valence electrons. The highest BCUT2D eigenvalue weighted by Crippen LogP contribution is 2.30. The van der Waals surface area contributed by atoms with Gasteiger partial charge in [-0.1, -0.05) is 50.3 Å². The van der Waals surface area contributed by atoms with Gasteiger partial charge in [-0.25, -0.2) is 0 Å². The Morgan fingerprint density at radius 2 is 1.80 bits per heavy atom. The lowest BCUT2D eigenvalue weighted by atomic mass is 9.83. The smallest absolute Gasteiger partial charge is 0.126 e. The molecule has 1 heteroatoms. The first-order chi connectivity index (χ1) is 7.18. The van der Waals surface area contributed by atoms with Crippen LogP contribution in [0.3, 0.4) is 0 Å². The van der Waals surface area contributed by atoms with Crippen LogP contribution in [-0.2, 0) is 0 Å². The third-order valence-corrected chi connectivity index (χ3v) is 2.66. The molecule has 15 heavy (non-hydrogen) atoms. The second-order valence-corrected chi connectivity index (χ2v) is 4.42. The maximum absolute atomic E-state index is 5.93. The number of hydrogen-bond acceptors (Lipinski definition) is 1. The molecule has 0 heterocycles. The molecule has 0 N–H and O–H groups in total. The van der Waals surface area contributed by atoms with Gasteiger partial charge in [0.25, 0.3) is 0 Å². The Morgan fingerprint density at radius 1 is 1.07 bits per heavy atom. The highest BCUT2D eigenvalue weighted by molar-refractivity contribution is 5.25. The third kappa shape index (κ3) is 2.30. The van der Waals surface area contributed by atoms with E-state index < -0.39 is 0 Å². The summed E-state index contributed by atoms with van der Waals surface area (Å²) in [7, 11) is 0. The molecule has 0 radical (unpaired) electrons. The number of benzene rings is 1. The summed E-state index contributed by atoms with van der Waals surface area (Å²) in [6.45, 7) is 4.36. The van der Waals surface area contributed by atoms with Gasteiger partial charge in [-0.3, -0.25) is 0 Å². The maximum atomic E-state index is 5.93. The zero-order valence-electron chi connectivity index (χ0n) is 9.18. The number of hydrogen-bond donors (Lipinski definition) is 0. The van der Waals surface area contributed by atoms with Crippen LogP contribution in [0.25, 0.3) is 0 Å². The van der Waals surface area contributed by atoms with Crippen molar-refractivity contribution in [1.29, 1.82) is 0 Å². The number of rotatable bonds is 2. The average molecular weight is 200 g/mol. The quantitative estimate of drug-likeness (QED) is 0.709. The van der Waals surface area contributed by atoms with Gasteiger partial charge in [-0.2, -0.15) is 0 Å². The van der Waals surface area contributed by atoms with Crippen LogP contribution in [0.15, 0.2) is 54.6 Å². The highest BCUT2D eigenvalue weighted by Gasteiger charge is 2.27. The van der Waals surface area contributed by atoms with Gasteiger partial charge >= 0.3 is 0 Å². The van der Waals surface area contributed by atoms with Gasteiger partial charge in [-0.05, 0) is 18.2 Å². The van der Waals surface area contributed by atoms with Crippen LogP contribution in [0.5, 0.6) is 5.75 Å². The lowest BCUT2D eigenvalue weighted by molar-refractivity contribution is 0.148. The van der Waals surface area contributed by atoms with Crippen molar-refractivity contribution in [3.8, 4) is 5.75 Å². The molecule has 1 atom stereocenters. The first-order valence-electron chi connectivity index (χ1n) is 5.26. The van der Waals surface area contributed by atoms with Crippen LogP contribution in [0.4, 0.5) is 0 Å². The van der Waals surface area contributed by atoms with E-state index in [0.29, 0.717) is 0 Å². The summed E-state index contributed by atoms with van der Waals surface area (Å²) in [6.07, 6.45) is 8.52. The Kier molecular flexibility index (Phi) is 2.63. The molecule has 0 fully saturated rings. The summed E-state index contributed by atoms with van der Waals surface area (Å²) < 4.78 is 5.93. The van der Waals surface area contributed by atoms with Gasteiger partial charge in [0, 0.05) is 5.41 Å². The summed E-state index contributed by atoms with van der Waals surface area (Å²) in [4.78, 5) is 0. The van der Waals surface area contributed by atoms with Gasteiger partial charge < -0.3 is 4.74 Å². The second-order valence-electron chi connectivity index (χ2n) is 4.42. The van der Waals surface area contributed by atoms with Crippen molar-refractivity contribution in [3.05, 3.63) is 54.6 Å². The lowest BCUT2D eigenvalue weighted by Gasteiger charge is -2.31. The van der Waals surface area contributed by atoms with E-state index in [-0.39, 0.29) is 11.5 Å². The van der Waals surface area contributed by atoms with Crippen molar-refractivity contribution in [1.82, 2.24) is 0 Å². The van der Waals surface area contributed by atoms with Crippen molar-refractivity contribution < 1.29 is 4.74 Å². The predicted molar refractivity (Wildman–Crippen MR) is 62.9 cm³/mol. The number of para-hydroxylation sites is 1. The van der Waals surface area contributed by atoms with Crippen LogP contribution in [0, 0.1) is 5.41 Å². The van der Waals surface area contributed by atoms with E-state index in [1.165, 1.54) is 0 Å². The fraction of sp³-hybridized carbons (Fsp3) is 0.286. The van der Waals surface area contributed by atoms with Gasteiger partial charge in [0.15, 0.2) is 0 Å². The zero-order valence-corrected chi connectivity index (χ0v) is 9.18. The van der Waals surface area contributed by atoms with Gasteiger partial charge in [0.2, 0.25) is 0 Å². The normalized spacial score (nSPS) is 22.7. The standard InChI is InChI=1S/C14H16O/c1-14(2)11-7-6-10-13(14)15-12-8-4-3-5-9-12/h3-11,13H,1-2H3. The van der Waals surface area contributed by atoms with E-state index in [4.69, 9.17) is 4.74 Å². The van der Waals surface area contributed by atoms with Crippen LogP contribution in [0.1, 0.15) is 13.8 Å². The molecule has 2 rings (SSSR count). The lowest BCUT2D eigenvalue weighted by Crippen LogP contribution is -2.32. The molecule has 0 bridgehead atoms. The third-order valence-electron chi connectivity index (χ3n) is 2.66. The van der Waals surface area contributed by atoms with Crippen LogP contribution >= 0.6 is 0 Å². The Hall–Kier alpha value is -1.50. The molecule has 1 nitrogen and oxygen atoms in total. The molecule has 0 spiro atoms. The van der Waals surface area contributed by atoms with E-state index in [1.54, 1.807) is 0 Å². The van der Waals surface area contributed by atoms with Crippen LogP contribution < -0.4 is 4.74 Å². The van der Waals surface area contributed by atoms with Crippen molar-refractivity contribution >= 4 is 0 Å². The first kappa shape index (κ1) is 10.0. The summed E-state index contributed by atoms with van der Waals surface area (Å²) in [5.41, 5.74) is 0.0601. The molecule has 0 aliphatic heterocycles. The van der Waals surface area contributed by atoms with E-state index in [1.807, 2.05) is 36.4 Å². The van der Waals surface area contributed by atoms with Crippen molar-refractivity contribution in [2.24, 2.45) is 5.41 Å². The SMILES string of the molecule is CC1(C)C=CC=CC1Oc1ccccc1. The average Bonchev–Trinajstić information content (AvgIpc) is 2.23. The predicted octanol–water partition coefficient (Wildman–Crippen LogP) is 3.59. The van der Waals surface area contributed by atoms with Crippen molar-refractivity contribution in [3.63, 3.8) is 0 Å². The molecule has 0 amide bonds. The zero-order chi connectivity index (χ0) is 10.7. The minimum Gasteiger partial charge on any atom is -0.485 e. The molecule has 1 unspecified atom stereocenters. The van der Waals surface area contributed by atoms with Crippen LogP contribution in [0.2, 0.25) is 0 Å². The molecule has 1 aliphatic rings. The van der Waals surface area contributed by atoms with E-state index in [9.17, 15) is 0 Å². The Bertz CT molecular complexity index is 374. The second kappa shape index (κ2) is 3.93. The molecule has 0 aromatic heterocycles. The Balaban J connectivity index is 2.13. The highest BCUT2D eigenvalue weighted by atomic mass is 16.5. The summed E-state index contributed by atoms with van der Waals surface area (Å²) >= 11 is 0. The molecule has 0 saturated heterocycles. The maximum Gasteiger partial charge on any atom is 0.126 e. The minimum atomic E-state index is 0.0601. The molecule has 1 aliphatic carbocycles. The van der Waals surface area contributed by atoms with E-state index >= 15 is 0 Å². The Morgan fingerprint density at radius 3 is 2.47 bits per heavy atom. The molecule has 1 aromatic rings. The molecule has 1 aromatic carbocycles. The van der Waals surface area contributed by atoms with Gasteiger partial charge in [0.1, 0.15) is 11.9 Å². The van der Waals surface area contributed by atoms with E-state index in [2.05, 4.69) is 32.1 Å². The minimum absolute atomic E-state index is 0.0601. The largest absolute Gasteiger partial charge is 0.485 e.